The van der Waals surface area contributed by atoms with Gasteiger partial charge in [-0.2, -0.15) is 0 Å². The molecule has 33 heavy (non-hydrogen) atoms. The molecule has 1 aromatic heterocycles. The van der Waals surface area contributed by atoms with Crippen molar-refractivity contribution in [1.29, 1.82) is 0 Å². The first-order valence-electron chi connectivity index (χ1n) is 11.1. The van der Waals surface area contributed by atoms with Crippen molar-refractivity contribution in [2.75, 3.05) is 6.54 Å². The summed E-state index contributed by atoms with van der Waals surface area (Å²) in [5.74, 6) is 0.333. The average Bonchev–Trinajstić information content (AvgIpc) is 3.46. The summed E-state index contributed by atoms with van der Waals surface area (Å²) in [5.41, 5.74) is 1.30. The van der Waals surface area contributed by atoms with Crippen LogP contribution in [0.3, 0.4) is 0 Å². The summed E-state index contributed by atoms with van der Waals surface area (Å²) in [6.45, 7) is 6.56. The lowest BCUT2D eigenvalue weighted by Gasteiger charge is -2.27. The lowest BCUT2D eigenvalue weighted by Crippen LogP contribution is -2.36. The topological polar surface area (TPSA) is 68.7 Å². The first-order valence-corrected chi connectivity index (χ1v) is 12.0. The molecule has 2 aromatic carbocycles. The van der Waals surface area contributed by atoms with Crippen LogP contribution in [0.2, 0.25) is 0 Å². The molecule has 3 aromatic rings. The quantitative estimate of drug-likeness (QED) is 0.417. The molecule has 6 nitrogen and oxygen atoms in total. The molecular formula is C26H28N2O4S. The van der Waals surface area contributed by atoms with E-state index in [1.54, 1.807) is 22.4 Å². The second-order valence-corrected chi connectivity index (χ2v) is 9.89. The predicted octanol–water partition coefficient (Wildman–Crippen LogP) is 6.03. The number of carbonyl (C=O) groups excluding carboxylic acids is 2. The van der Waals surface area contributed by atoms with Gasteiger partial charge in [0.1, 0.15) is 28.7 Å². The summed E-state index contributed by atoms with van der Waals surface area (Å²) in [6, 6.07) is 16.9. The molecule has 0 aliphatic carbocycles. The second kappa shape index (κ2) is 9.75. The number of hydrogen-bond acceptors (Lipinski definition) is 6. The zero-order valence-electron chi connectivity index (χ0n) is 19.1. The number of thiazole rings is 1. The van der Waals surface area contributed by atoms with Crippen molar-refractivity contribution < 1.29 is 19.1 Å². The monoisotopic (exact) mass is 464 g/mol. The van der Waals surface area contributed by atoms with Gasteiger partial charge in [0.05, 0.1) is 11.6 Å². The number of rotatable bonds is 6. The van der Waals surface area contributed by atoms with Gasteiger partial charge in [0, 0.05) is 11.9 Å². The molecule has 1 saturated heterocycles. The van der Waals surface area contributed by atoms with E-state index in [0.717, 1.165) is 23.4 Å². The van der Waals surface area contributed by atoms with Gasteiger partial charge in [-0.1, -0.05) is 42.5 Å². The molecule has 1 atom stereocenters. The van der Waals surface area contributed by atoms with Crippen LogP contribution >= 0.6 is 11.3 Å². The van der Waals surface area contributed by atoms with Crippen LogP contribution in [0.5, 0.6) is 5.75 Å². The van der Waals surface area contributed by atoms with Crippen LogP contribution in [-0.4, -0.2) is 33.9 Å². The van der Waals surface area contributed by atoms with Crippen molar-refractivity contribution in [2.45, 2.75) is 51.9 Å². The van der Waals surface area contributed by atoms with Crippen LogP contribution in [-0.2, 0) is 11.3 Å². The highest BCUT2D eigenvalue weighted by molar-refractivity contribution is 7.10. The van der Waals surface area contributed by atoms with Crippen molar-refractivity contribution in [1.82, 2.24) is 9.88 Å². The van der Waals surface area contributed by atoms with E-state index in [-0.39, 0.29) is 17.9 Å². The normalized spacial score (nSPS) is 16.0. The minimum absolute atomic E-state index is 0.170. The Hall–Kier alpha value is -3.19. The summed E-state index contributed by atoms with van der Waals surface area (Å²) in [7, 11) is 0. The van der Waals surface area contributed by atoms with Gasteiger partial charge < -0.3 is 9.47 Å². The first kappa shape index (κ1) is 23.0. The Morgan fingerprint density at radius 3 is 2.58 bits per heavy atom. The van der Waals surface area contributed by atoms with Crippen molar-refractivity contribution >= 4 is 23.2 Å². The van der Waals surface area contributed by atoms with Crippen LogP contribution in [0, 0.1) is 0 Å². The van der Waals surface area contributed by atoms with Gasteiger partial charge in [0.15, 0.2) is 0 Å². The molecule has 0 radical (unpaired) electrons. The Labute approximate surface area is 198 Å². The zero-order chi connectivity index (χ0) is 23.4. The molecule has 1 amide bonds. The second-order valence-electron chi connectivity index (χ2n) is 9.00. The van der Waals surface area contributed by atoms with E-state index in [4.69, 9.17) is 9.47 Å². The maximum Gasteiger partial charge on any atom is 0.410 e. The number of nitrogens with zero attached hydrogens (tertiary/aromatic N) is 2. The molecular weight excluding hydrogens is 436 g/mol. The minimum Gasteiger partial charge on any atom is -0.488 e. The van der Waals surface area contributed by atoms with Gasteiger partial charge in [-0.25, -0.2) is 9.78 Å². The highest BCUT2D eigenvalue weighted by Crippen LogP contribution is 2.35. The number of likely N-dealkylation sites (tertiary alicyclic amines) is 1. The maximum atomic E-state index is 13.3. The summed E-state index contributed by atoms with van der Waals surface area (Å²) < 4.78 is 11.5. The van der Waals surface area contributed by atoms with Gasteiger partial charge in [-0.05, 0) is 51.3 Å². The molecule has 1 fully saturated rings. The Bertz CT molecular complexity index is 1120. The third kappa shape index (κ3) is 5.60. The summed E-state index contributed by atoms with van der Waals surface area (Å²) in [4.78, 5) is 32.2. The Morgan fingerprint density at radius 2 is 1.82 bits per heavy atom. The molecule has 0 saturated carbocycles. The van der Waals surface area contributed by atoms with Crippen molar-refractivity contribution in [2.24, 2.45) is 0 Å². The smallest absolute Gasteiger partial charge is 0.410 e. The third-order valence-corrected chi connectivity index (χ3v) is 6.24. The summed E-state index contributed by atoms with van der Waals surface area (Å²) in [6.07, 6.45) is 1.34. The largest absolute Gasteiger partial charge is 0.488 e. The number of para-hydroxylation sites is 1. The molecule has 0 spiro atoms. The number of ether oxygens (including phenoxy) is 2. The van der Waals surface area contributed by atoms with Gasteiger partial charge in [-0.15, -0.1) is 11.3 Å². The number of benzene rings is 2. The van der Waals surface area contributed by atoms with E-state index in [0.29, 0.717) is 30.2 Å². The van der Waals surface area contributed by atoms with Crippen LogP contribution in [0.15, 0.2) is 60.0 Å². The van der Waals surface area contributed by atoms with Gasteiger partial charge in [-0.3, -0.25) is 9.69 Å². The van der Waals surface area contributed by atoms with E-state index in [1.165, 1.54) is 11.3 Å². The van der Waals surface area contributed by atoms with Gasteiger partial charge in [0.2, 0.25) is 5.78 Å². The lowest BCUT2D eigenvalue weighted by molar-refractivity contribution is 0.0224. The number of carbonyl (C=O) groups is 2. The zero-order valence-corrected chi connectivity index (χ0v) is 19.9. The van der Waals surface area contributed by atoms with Gasteiger partial charge >= 0.3 is 6.09 Å². The van der Waals surface area contributed by atoms with Crippen molar-refractivity contribution in [3.8, 4) is 5.75 Å². The van der Waals surface area contributed by atoms with Gasteiger partial charge in [0.25, 0.3) is 0 Å². The fourth-order valence-corrected chi connectivity index (χ4v) is 4.71. The molecule has 0 unspecified atom stereocenters. The average molecular weight is 465 g/mol. The van der Waals surface area contributed by atoms with Crippen molar-refractivity contribution in [3.05, 3.63) is 81.8 Å². The number of ketones is 1. The van der Waals surface area contributed by atoms with E-state index >= 15 is 0 Å². The number of aromatic nitrogens is 1. The molecule has 0 N–H and O–H groups in total. The van der Waals surface area contributed by atoms with Crippen LogP contribution < -0.4 is 4.74 Å². The molecule has 0 bridgehead atoms. The van der Waals surface area contributed by atoms with Crippen molar-refractivity contribution in [3.63, 3.8) is 0 Å². The fraction of sp³-hybridized carbons (Fsp3) is 0.346. The Morgan fingerprint density at radius 1 is 1.09 bits per heavy atom. The highest BCUT2D eigenvalue weighted by Gasteiger charge is 2.35. The van der Waals surface area contributed by atoms with Crippen LogP contribution in [0.25, 0.3) is 0 Å². The van der Waals surface area contributed by atoms with E-state index in [1.807, 2.05) is 63.2 Å². The van der Waals surface area contributed by atoms with E-state index in [9.17, 15) is 9.59 Å². The number of hydrogen-bond donors (Lipinski definition) is 0. The third-order valence-electron chi connectivity index (χ3n) is 5.29. The molecule has 172 valence electrons. The molecule has 2 heterocycles. The minimum atomic E-state index is -0.558. The standard InChI is InChI=1S/C26H28N2O4S/c1-26(2,3)32-25(30)28-15-9-13-21(28)24-27-20(17-33-24)23(29)19-12-7-8-14-22(19)31-16-18-10-5-4-6-11-18/h4-8,10-12,14,17,21H,9,13,15-16H2,1-3H3/t21-/m0/s1. The molecule has 4 rings (SSSR count). The molecule has 1 aliphatic rings. The van der Waals surface area contributed by atoms with E-state index < -0.39 is 5.60 Å². The Kier molecular flexibility index (Phi) is 6.79. The summed E-state index contributed by atoms with van der Waals surface area (Å²) >= 11 is 1.40. The summed E-state index contributed by atoms with van der Waals surface area (Å²) in [5, 5.41) is 2.52. The molecule has 7 heteroatoms. The molecule has 1 aliphatic heterocycles. The maximum absolute atomic E-state index is 13.3. The van der Waals surface area contributed by atoms with Crippen LogP contribution in [0.1, 0.15) is 66.3 Å². The lowest BCUT2D eigenvalue weighted by atomic mass is 10.1. The number of amides is 1. The predicted molar refractivity (Wildman–Crippen MR) is 128 cm³/mol. The van der Waals surface area contributed by atoms with Crippen LogP contribution in [0.4, 0.5) is 4.79 Å². The Balaban J connectivity index is 1.50. The SMILES string of the molecule is CC(C)(C)OC(=O)N1CCC[C@H]1c1nc(C(=O)c2ccccc2OCc2ccccc2)cs1. The first-order chi connectivity index (χ1) is 15.8. The highest BCUT2D eigenvalue weighted by atomic mass is 32.1. The fourth-order valence-electron chi connectivity index (χ4n) is 3.76. The van der Waals surface area contributed by atoms with E-state index in [2.05, 4.69) is 4.98 Å².